The monoisotopic (exact) mass is 491 g/mol. The predicted molar refractivity (Wildman–Crippen MR) is 143 cm³/mol. The standard InChI is InChI=1S/C28H37N5OS/c1-22-8-3-4-9-24(22)21-32-16-12-23(13-17-32)27-29-30-28(35-19-18-31-14-5-6-15-31)33(27)25-10-7-11-26(20-25)34-2/h3-4,7-11,20,23H,5-6,12-19,21H2,1-2H3. The number of aryl methyl sites for hydroxylation is 1. The summed E-state index contributed by atoms with van der Waals surface area (Å²) < 4.78 is 7.82. The maximum absolute atomic E-state index is 5.53. The molecular weight excluding hydrogens is 454 g/mol. The molecule has 2 saturated heterocycles. The lowest BCUT2D eigenvalue weighted by molar-refractivity contribution is 0.200. The molecule has 2 fully saturated rings. The third kappa shape index (κ3) is 5.90. The van der Waals surface area contributed by atoms with Gasteiger partial charge in [0.15, 0.2) is 5.16 Å². The summed E-state index contributed by atoms with van der Waals surface area (Å²) in [4.78, 5) is 5.14. The van der Waals surface area contributed by atoms with Gasteiger partial charge in [-0.15, -0.1) is 10.2 Å². The third-order valence-electron chi connectivity index (χ3n) is 7.42. The Morgan fingerprint density at radius 2 is 1.74 bits per heavy atom. The molecule has 0 radical (unpaired) electrons. The summed E-state index contributed by atoms with van der Waals surface area (Å²) in [5.74, 6) is 3.41. The first kappa shape index (κ1) is 24.3. The highest BCUT2D eigenvalue weighted by molar-refractivity contribution is 7.99. The van der Waals surface area contributed by atoms with Gasteiger partial charge in [0.2, 0.25) is 0 Å². The summed E-state index contributed by atoms with van der Waals surface area (Å²) >= 11 is 1.83. The van der Waals surface area contributed by atoms with E-state index in [0.717, 1.165) is 67.2 Å². The lowest BCUT2D eigenvalue weighted by atomic mass is 9.95. The van der Waals surface area contributed by atoms with Crippen LogP contribution in [0, 0.1) is 6.92 Å². The molecule has 2 aliphatic rings. The van der Waals surface area contributed by atoms with Crippen molar-refractivity contribution in [2.24, 2.45) is 0 Å². The van der Waals surface area contributed by atoms with Crippen molar-refractivity contribution in [3.05, 3.63) is 65.5 Å². The number of methoxy groups -OCH3 is 1. The van der Waals surface area contributed by atoms with Gasteiger partial charge in [-0.1, -0.05) is 42.1 Å². The number of benzene rings is 2. The van der Waals surface area contributed by atoms with Crippen LogP contribution in [0.3, 0.4) is 0 Å². The fourth-order valence-corrected chi connectivity index (χ4v) is 6.24. The molecule has 0 amide bonds. The number of nitrogens with zero attached hydrogens (tertiary/aromatic N) is 5. The van der Waals surface area contributed by atoms with Crippen molar-refractivity contribution < 1.29 is 4.74 Å². The van der Waals surface area contributed by atoms with Crippen molar-refractivity contribution in [2.45, 2.75) is 50.2 Å². The number of rotatable bonds is 9. The Labute approximate surface area is 213 Å². The molecule has 0 unspecified atom stereocenters. The molecule has 2 aliphatic heterocycles. The van der Waals surface area contributed by atoms with Gasteiger partial charge in [0.25, 0.3) is 0 Å². The SMILES string of the molecule is COc1cccc(-n2c(SCCN3CCCC3)nnc2C2CCN(Cc3ccccc3C)CC2)c1. The molecule has 0 bridgehead atoms. The molecule has 3 aromatic rings. The predicted octanol–water partition coefficient (Wildman–Crippen LogP) is 5.15. The van der Waals surface area contributed by atoms with Gasteiger partial charge in [-0.25, -0.2) is 0 Å². The first-order valence-corrected chi connectivity index (χ1v) is 13.9. The molecular formula is C28H37N5OS. The van der Waals surface area contributed by atoms with Gasteiger partial charge >= 0.3 is 0 Å². The average Bonchev–Trinajstić information content (AvgIpc) is 3.56. The van der Waals surface area contributed by atoms with Crippen LogP contribution in [0.25, 0.3) is 5.69 Å². The van der Waals surface area contributed by atoms with Crippen LogP contribution in [-0.4, -0.2) is 70.2 Å². The van der Waals surface area contributed by atoms with E-state index in [2.05, 4.69) is 68.9 Å². The summed E-state index contributed by atoms with van der Waals surface area (Å²) in [6.45, 7) is 8.98. The second-order valence-electron chi connectivity index (χ2n) is 9.75. The maximum atomic E-state index is 5.53. The zero-order chi connectivity index (χ0) is 24.0. The van der Waals surface area contributed by atoms with Gasteiger partial charge in [0, 0.05) is 30.8 Å². The Bertz CT molecular complexity index is 1100. The summed E-state index contributed by atoms with van der Waals surface area (Å²) in [6, 6.07) is 17.0. The molecule has 1 aromatic heterocycles. The molecule has 5 rings (SSSR count). The molecule has 0 atom stereocenters. The number of thioether (sulfide) groups is 1. The van der Waals surface area contributed by atoms with Crippen LogP contribution in [0.1, 0.15) is 48.6 Å². The first-order chi connectivity index (χ1) is 17.2. The van der Waals surface area contributed by atoms with Gasteiger partial charge in [0.1, 0.15) is 11.6 Å². The number of piperidine rings is 1. The molecule has 0 saturated carbocycles. The molecule has 0 N–H and O–H groups in total. The highest BCUT2D eigenvalue weighted by Gasteiger charge is 2.27. The Hall–Kier alpha value is -2.35. The molecule has 3 heterocycles. The van der Waals surface area contributed by atoms with Crippen LogP contribution in [0.5, 0.6) is 5.75 Å². The molecule has 35 heavy (non-hydrogen) atoms. The number of hydrogen-bond donors (Lipinski definition) is 0. The molecule has 2 aromatic carbocycles. The van der Waals surface area contributed by atoms with E-state index >= 15 is 0 Å². The van der Waals surface area contributed by atoms with Crippen molar-refractivity contribution >= 4 is 11.8 Å². The summed E-state index contributed by atoms with van der Waals surface area (Å²) in [7, 11) is 1.72. The highest BCUT2D eigenvalue weighted by atomic mass is 32.2. The quantitative estimate of drug-likeness (QED) is 0.386. The van der Waals surface area contributed by atoms with Crippen molar-refractivity contribution in [1.82, 2.24) is 24.6 Å². The van der Waals surface area contributed by atoms with E-state index in [1.165, 1.54) is 37.1 Å². The van der Waals surface area contributed by atoms with E-state index in [9.17, 15) is 0 Å². The molecule has 0 aliphatic carbocycles. The largest absolute Gasteiger partial charge is 0.497 e. The average molecular weight is 492 g/mol. The van der Waals surface area contributed by atoms with Gasteiger partial charge < -0.3 is 9.64 Å². The summed E-state index contributed by atoms with van der Waals surface area (Å²) in [5, 5.41) is 10.4. The Morgan fingerprint density at radius 1 is 0.943 bits per heavy atom. The smallest absolute Gasteiger partial charge is 0.195 e. The second-order valence-corrected chi connectivity index (χ2v) is 10.8. The van der Waals surface area contributed by atoms with E-state index in [0.29, 0.717) is 5.92 Å². The minimum Gasteiger partial charge on any atom is -0.497 e. The Morgan fingerprint density at radius 3 is 2.51 bits per heavy atom. The van der Waals surface area contributed by atoms with Crippen molar-refractivity contribution in [1.29, 1.82) is 0 Å². The van der Waals surface area contributed by atoms with Crippen LogP contribution in [0.2, 0.25) is 0 Å². The zero-order valence-electron chi connectivity index (χ0n) is 21.0. The Balaban J connectivity index is 1.31. The van der Waals surface area contributed by atoms with E-state index in [1.54, 1.807) is 7.11 Å². The van der Waals surface area contributed by atoms with Crippen LogP contribution in [0.15, 0.2) is 53.7 Å². The lowest BCUT2D eigenvalue weighted by Crippen LogP contribution is -2.33. The summed E-state index contributed by atoms with van der Waals surface area (Å²) in [6.07, 6.45) is 4.87. The van der Waals surface area contributed by atoms with Crippen LogP contribution < -0.4 is 4.74 Å². The van der Waals surface area contributed by atoms with Crippen LogP contribution >= 0.6 is 11.8 Å². The fraction of sp³-hybridized carbons (Fsp3) is 0.500. The van der Waals surface area contributed by atoms with Crippen molar-refractivity contribution in [3.8, 4) is 11.4 Å². The van der Waals surface area contributed by atoms with Crippen LogP contribution in [-0.2, 0) is 6.54 Å². The second kappa shape index (κ2) is 11.6. The topological polar surface area (TPSA) is 46.4 Å². The number of aromatic nitrogens is 3. The molecule has 7 heteroatoms. The summed E-state index contributed by atoms with van der Waals surface area (Å²) in [5.41, 5.74) is 3.90. The van der Waals surface area contributed by atoms with Gasteiger partial charge in [-0.05, 0) is 82.0 Å². The number of likely N-dealkylation sites (tertiary alicyclic amines) is 2. The normalized spacial score (nSPS) is 17.8. The van der Waals surface area contributed by atoms with E-state index in [1.807, 2.05) is 17.8 Å². The minimum atomic E-state index is 0.412. The van der Waals surface area contributed by atoms with Crippen LogP contribution in [0.4, 0.5) is 0 Å². The van der Waals surface area contributed by atoms with E-state index < -0.39 is 0 Å². The van der Waals surface area contributed by atoms with Crippen molar-refractivity contribution in [2.75, 3.05) is 45.6 Å². The zero-order valence-corrected chi connectivity index (χ0v) is 21.8. The maximum Gasteiger partial charge on any atom is 0.195 e. The van der Waals surface area contributed by atoms with Gasteiger partial charge in [0.05, 0.1) is 12.8 Å². The molecule has 186 valence electrons. The van der Waals surface area contributed by atoms with Gasteiger partial charge in [-0.3, -0.25) is 9.47 Å². The van der Waals surface area contributed by atoms with Gasteiger partial charge in [-0.2, -0.15) is 0 Å². The van der Waals surface area contributed by atoms with Crippen molar-refractivity contribution in [3.63, 3.8) is 0 Å². The van der Waals surface area contributed by atoms with E-state index in [-0.39, 0.29) is 0 Å². The van der Waals surface area contributed by atoms with E-state index in [4.69, 9.17) is 9.84 Å². The fourth-order valence-electron chi connectivity index (χ4n) is 5.28. The minimum absolute atomic E-state index is 0.412. The number of ether oxygens (including phenoxy) is 1. The highest BCUT2D eigenvalue weighted by Crippen LogP contribution is 2.33. The lowest BCUT2D eigenvalue weighted by Gasteiger charge is -2.32. The third-order valence-corrected chi connectivity index (χ3v) is 8.32. The molecule has 0 spiro atoms. The first-order valence-electron chi connectivity index (χ1n) is 12.9. The number of hydrogen-bond acceptors (Lipinski definition) is 6. The Kier molecular flexibility index (Phi) is 8.06. The molecule has 6 nitrogen and oxygen atoms in total.